The van der Waals surface area contributed by atoms with Crippen molar-refractivity contribution in [3.63, 3.8) is 0 Å². The molecule has 35 heavy (non-hydrogen) atoms. The molecular weight excluding hydrogens is 479 g/mol. The van der Waals surface area contributed by atoms with Crippen LogP contribution in [0.1, 0.15) is 42.4 Å². The normalized spacial score (nSPS) is 10.3. The fourth-order valence-electron chi connectivity index (χ4n) is 3.78. The highest BCUT2D eigenvalue weighted by molar-refractivity contribution is 5.85. The first-order valence-corrected chi connectivity index (χ1v) is 12.3. The molecule has 3 rings (SSSR count). The molecule has 3 N–H and O–H groups in total. The van der Waals surface area contributed by atoms with Gasteiger partial charge in [0.25, 0.3) is 0 Å². The number of hydrogen-bond donors (Lipinski definition) is 3. The molecule has 0 amide bonds. The molecule has 0 atom stereocenters. The van der Waals surface area contributed by atoms with Gasteiger partial charge in [0.1, 0.15) is 6.61 Å². The summed E-state index contributed by atoms with van der Waals surface area (Å²) in [4.78, 5) is 0. The number of phenols is 1. The first-order chi connectivity index (χ1) is 16.3. The predicted molar refractivity (Wildman–Crippen MR) is 151 cm³/mol. The van der Waals surface area contributed by atoms with Crippen LogP contribution in [-0.2, 0) is 19.4 Å². The third-order valence-electron chi connectivity index (χ3n) is 5.74. The number of unbranched alkanes of at least 4 members (excludes halogenated alkanes) is 3. The van der Waals surface area contributed by atoms with E-state index in [1.807, 2.05) is 42.5 Å². The van der Waals surface area contributed by atoms with E-state index in [1.54, 1.807) is 6.07 Å². The Balaban J connectivity index is 0.00000306. The molecule has 192 valence electrons. The molecule has 0 saturated carbocycles. The third-order valence-corrected chi connectivity index (χ3v) is 5.74. The first-order valence-electron chi connectivity index (χ1n) is 12.3. The van der Waals surface area contributed by atoms with Gasteiger partial charge in [0, 0.05) is 0 Å². The van der Waals surface area contributed by atoms with Crippen LogP contribution in [0, 0.1) is 0 Å². The summed E-state index contributed by atoms with van der Waals surface area (Å²) in [6.07, 6.45) is 7.03. The molecule has 0 aromatic heterocycles. The van der Waals surface area contributed by atoms with Gasteiger partial charge in [0.2, 0.25) is 0 Å². The number of rotatable bonds is 16. The standard InChI is InChI=1S/C29H38N2O2.2ClH/c32-28-16-15-26(23-29(28)33-24-27-13-7-4-8-14-27)18-22-31-20-10-2-1-9-19-30-21-17-25-11-5-3-6-12-25;;/h3-8,11-16,23,30-32H,1-2,9-10,17-22,24H2;2*1H. The molecule has 4 nitrogen and oxygen atoms in total. The summed E-state index contributed by atoms with van der Waals surface area (Å²) < 4.78 is 5.82. The minimum Gasteiger partial charge on any atom is -0.504 e. The van der Waals surface area contributed by atoms with Gasteiger partial charge in [-0.25, -0.2) is 0 Å². The van der Waals surface area contributed by atoms with E-state index in [9.17, 15) is 5.11 Å². The largest absolute Gasteiger partial charge is 0.504 e. The summed E-state index contributed by atoms with van der Waals surface area (Å²) in [5.74, 6) is 0.742. The number of nitrogens with one attached hydrogen (secondary N) is 2. The van der Waals surface area contributed by atoms with Gasteiger partial charge < -0.3 is 20.5 Å². The van der Waals surface area contributed by atoms with Crippen molar-refractivity contribution in [2.24, 2.45) is 0 Å². The molecule has 0 aliphatic carbocycles. The van der Waals surface area contributed by atoms with Crippen molar-refractivity contribution >= 4 is 24.8 Å². The number of phenolic OH excluding ortho intramolecular Hbond substituents is 1. The van der Waals surface area contributed by atoms with E-state index in [-0.39, 0.29) is 30.6 Å². The summed E-state index contributed by atoms with van der Waals surface area (Å²) in [6, 6.07) is 26.3. The molecule has 0 fully saturated rings. The second kappa shape index (κ2) is 19.0. The van der Waals surface area contributed by atoms with Crippen molar-refractivity contribution in [1.29, 1.82) is 0 Å². The fraction of sp³-hybridized carbons (Fsp3) is 0.379. The van der Waals surface area contributed by atoms with Gasteiger partial charge in [-0.2, -0.15) is 0 Å². The predicted octanol–water partition coefficient (Wildman–Crippen LogP) is 6.34. The lowest BCUT2D eigenvalue weighted by Crippen LogP contribution is -2.19. The molecule has 3 aromatic carbocycles. The zero-order valence-electron chi connectivity index (χ0n) is 20.5. The lowest BCUT2D eigenvalue weighted by atomic mass is 10.1. The van der Waals surface area contributed by atoms with Crippen molar-refractivity contribution in [2.75, 3.05) is 26.2 Å². The van der Waals surface area contributed by atoms with E-state index < -0.39 is 0 Å². The quantitative estimate of drug-likeness (QED) is 0.193. The molecule has 3 aromatic rings. The van der Waals surface area contributed by atoms with Gasteiger partial charge in [-0.3, -0.25) is 0 Å². The summed E-state index contributed by atoms with van der Waals surface area (Å²) >= 11 is 0. The van der Waals surface area contributed by atoms with E-state index in [4.69, 9.17) is 4.74 Å². The van der Waals surface area contributed by atoms with Crippen LogP contribution < -0.4 is 15.4 Å². The van der Waals surface area contributed by atoms with Crippen LogP contribution in [0.2, 0.25) is 0 Å². The van der Waals surface area contributed by atoms with Crippen LogP contribution in [0.3, 0.4) is 0 Å². The number of benzene rings is 3. The van der Waals surface area contributed by atoms with Gasteiger partial charge in [0.05, 0.1) is 0 Å². The van der Waals surface area contributed by atoms with E-state index in [0.29, 0.717) is 12.4 Å². The van der Waals surface area contributed by atoms with Gasteiger partial charge in [-0.1, -0.05) is 79.6 Å². The molecule has 0 saturated heterocycles. The minimum atomic E-state index is 0. The molecule has 6 heteroatoms. The van der Waals surface area contributed by atoms with Crippen LogP contribution >= 0.6 is 24.8 Å². The van der Waals surface area contributed by atoms with Gasteiger partial charge in [0.15, 0.2) is 11.5 Å². The van der Waals surface area contributed by atoms with Crippen molar-refractivity contribution in [1.82, 2.24) is 10.6 Å². The molecular formula is C29H40Cl2N2O2. The molecule has 0 spiro atoms. The average molecular weight is 520 g/mol. The highest BCUT2D eigenvalue weighted by Crippen LogP contribution is 2.27. The van der Waals surface area contributed by atoms with Crippen LogP contribution in [0.15, 0.2) is 78.9 Å². The smallest absolute Gasteiger partial charge is 0.161 e. The Labute approximate surface area is 223 Å². The van der Waals surface area contributed by atoms with Crippen molar-refractivity contribution in [3.05, 3.63) is 95.6 Å². The van der Waals surface area contributed by atoms with Crippen LogP contribution in [0.25, 0.3) is 0 Å². The molecule has 0 unspecified atom stereocenters. The minimum absolute atomic E-state index is 0. The van der Waals surface area contributed by atoms with Crippen molar-refractivity contribution < 1.29 is 9.84 Å². The number of hydrogen-bond acceptors (Lipinski definition) is 4. The molecule has 0 heterocycles. The number of halogens is 2. The number of aromatic hydroxyl groups is 1. The Bertz CT molecular complexity index is 911. The summed E-state index contributed by atoms with van der Waals surface area (Å²) in [5, 5.41) is 17.2. The Hall–Kier alpha value is -2.24. The van der Waals surface area contributed by atoms with Crippen LogP contribution in [-0.4, -0.2) is 31.3 Å². The van der Waals surface area contributed by atoms with E-state index in [0.717, 1.165) is 44.6 Å². The molecule has 0 radical (unpaired) electrons. The second-order valence-electron chi connectivity index (χ2n) is 8.48. The first kappa shape index (κ1) is 30.8. The zero-order valence-corrected chi connectivity index (χ0v) is 22.1. The topological polar surface area (TPSA) is 53.5 Å². The number of ether oxygens (including phenoxy) is 1. The summed E-state index contributed by atoms with van der Waals surface area (Å²) in [6.45, 7) is 4.61. The van der Waals surface area contributed by atoms with Gasteiger partial charge in [-0.15, -0.1) is 24.8 Å². The molecule has 0 aliphatic heterocycles. The van der Waals surface area contributed by atoms with Crippen LogP contribution in [0.5, 0.6) is 11.5 Å². The Morgan fingerprint density at radius 2 is 1.11 bits per heavy atom. The Kier molecular flexibility index (Phi) is 16.7. The Morgan fingerprint density at radius 1 is 0.571 bits per heavy atom. The van der Waals surface area contributed by atoms with Gasteiger partial charge in [-0.05, 0) is 80.7 Å². The summed E-state index contributed by atoms with van der Waals surface area (Å²) in [5.41, 5.74) is 3.66. The van der Waals surface area contributed by atoms with E-state index >= 15 is 0 Å². The van der Waals surface area contributed by atoms with Crippen molar-refractivity contribution in [2.45, 2.75) is 45.1 Å². The maximum Gasteiger partial charge on any atom is 0.161 e. The highest BCUT2D eigenvalue weighted by Gasteiger charge is 2.05. The van der Waals surface area contributed by atoms with E-state index in [2.05, 4.69) is 41.0 Å². The average Bonchev–Trinajstić information content (AvgIpc) is 2.86. The lowest BCUT2D eigenvalue weighted by molar-refractivity contribution is 0.288. The monoisotopic (exact) mass is 518 g/mol. The zero-order chi connectivity index (χ0) is 23.0. The maximum atomic E-state index is 10.1. The third kappa shape index (κ3) is 12.9. The highest BCUT2D eigenvalue weighted by atomic mass is 35.5. The fourth-order valence-corrected chi connectivity index (χ4v) is 3.78. The lowest BCUT2D eigenvalue weighted by Gasteiger charge is -2.11. The summed E-state index contributed by atoms with van der Waals surface area (Å²) in [7, 11) is 0. The maximum absolute atomic E-state index is 10.1. The molecule has 0 bridgehead atoms. The van der Waals surface area contributed by atoms with Crippen molar-refractivity contribution in [3.8, 4) is 11.5 Å². The van der Waals surface area contributed by atoms with E-state index in [1.165, 1.54) is 36.8 Å². The second-order valence-corrected chi connectivity index (χ2v) is 8.48. The Morgan fingerprint density at radius 3 is 1.71 bits per heavy atom. The molecule has 0 aliphatic rings. The van der Waals surface area contributed by atoms with Crippen LogP contribution in [0.4, 0.5) is 0 Å². The van der Waals surface area contributed by atoms with Gasteiger partial charge >= 0.3 is 0 Å². The SMILES string of the molecule is Cl.Cl.Oc1ccc(CCNCCCCCCNCCc2ccccc2)cc1OCc1ccccc1.